The van der Waals surface area contributed by atoms with Crippen LogP contribution in [0.2, 0.25) is 0 Å². The second-order valence-corrected chi connectivity index (χ2v) is 10.7. The van der Waals surface area contributed by atoms with Gasteiger partial charge in [0.25, 0.3) is 0 Å². The molecule has 1 aromatic carbocycles. The number of alkyl halides is 3. The summed E-state index contributed by atoms with van der Waals surface area (Å²) in [4.78, 5) is 22.4. The summed E-state index contributed by atoms with van der Waals surface area (Å²) in [5, 5.41) is 4.41. The molecule has 28 heavy (non-hydrogen) atoms. The fourth-order valence-corrected chi connectivity index (χ4v) is 3.10. The summed E-state index contributed by atoms with van der Waals surface area (Å²) in [5.41, 5.74) is -0.735. The minimum Gasteiger partial charge on any atom is -0.445 e. The minimum absolute atomic E-state index is 0.0694. The van der Waals surface area contributed by atoms with Gasteiger partial charge in [0.05, 0.1) is 17.9 Å². The number of benzene rings is 1. The quantitative estimate of drug-likeness (QED) is 0.448. The summed E-state index contributed by atoms with van der Waals surface area (Å²) < 4.78 is 68.2. The third kappa shape index (κ3) is 6.61. The van der Waals surface area contributed by atoms with Crippen LogP contribution in [0.3, 0.4) is 0 Å². The number of ether oxygens (including phenoxy) is 1. The van der Waals surface area contributed by atoms with E-state index in [4.69, 9.17) is 34.8 Å². The Hall–Kier alpha value is -1.37. The van der Waals surface area contributed by atoms with Crippen molar-refractivity contribution in [3.8, 4) is 0 Å². The SMILES string of the molecule is O=C1CN(c2ccc(S(F)(F)(F)(F)F)cc2NC(=O)OCC(Cl)(Cl)Cl)CCN1. The van der Waals surface area contributed by atoms with Crippen molar-refractivity contribution < 1.29 is 33.8 Å². The number of hydrogen-bond donors (Lipinski definition) is 2. The van der Waals surface area contributed by atoms with Gasteiger partial charge in [0.2, 0.25) is 9.70 Å². The lowest BCUT2D eigenvalue weighted by Gasteiger charge is -2.41. The van der Waals surface area contributed by atoms with E-state index in [1.165, 1.54) is 4.90 Å². The van der Waals surface area contributed by atoms with E-state index in [-0.39, 0.29) is 37.5 Å². The van der Waals surface area contributed by atoms with Crippen molar-refractivity contribution in [3.63, 3.8) is 0 Å². The first-order chi connectivity index (χ1) is 12.4. The minimum atomic E-state index is -10.0. The van der Waals surface area contributed by atoms with Crippen LogP contribution in [0.5, 0.6) is 0 Å². The summed E-state index contributed by atoms with van der Waals surface area (Å²) in [5.74, 6) is -0.437. The van der Waals surface area contributed by atoms with Gasteiger partial charge in [-0.05, 0) is 18.2 Å². The zero-order chi connectivity index (χ0) is 21.4. The van der Waals surface area contributed by atoms with E-state index in [1.807, 2.05) is 5.32 Å². The summed E-state index contributed by atoms with van der Waals surface area (Å²) in [6.07, 6.45) is -1.34. The number of carbonyl (C=O) groups is 2. The number of hydrogen-bond acceptors (Lipinski definition) is 4. The van der Waals surface area contributed by atoms with E-state index in [1.54, 1.807) is 0 Å². The number of nitrogens with zero attached hydrogens (tertiary/aromatic N) is 1. The number of nitrogens with one attached hydrogen (secondary N) is 2. The van der Waals surface area contributed by atoms with Gasteiger partial charge in [-0.25, -0.2) is 4.79 Å². The Balaban J connectivity index is 2.40. The van der Waals surface area contributed by atoms with Crippen LogP contribution in [-0.4, -0.2) is 42.0 Å². The second kappa shape index (κ2) is 6.85. The molecule has 2 rings (SSSR count). The van der Waals surface area contributed by atoms with Crippen LogP contribution in [0.1, 0.15) is 0 Å². The lowest BCUT2D eigenvalue weighted by molar-refractivity contribution is -0.120. The molecular formula is C13H13Cl3F5N3O3S. The molecular weight excluding hydrogens is 480 g/mol. The molecule has 0 saturated carbocycles. The molecule has 2 amide bonds. The predicted molar refractivity (Wildman–Crippen MR) is 98.3 cm³/mol. The van der Waals surface area contributed by atoms with Gasteiger partial charge < -0.3 is 15.0 Å². The summed E-state index contributed by atoms with van der Waals surface area (Å²) in [6.45, 7) is -0.668. The molecule has 0 spiro atoms. The zero-order valence-electron chi connectivity index (χ0n) is 13.7. The van der Waals surface area contributed by atoms with E-state index < -0.39 is 43.2 Å². The van der Waals surface area contributed by atoms with Crippen molar-refractivity contribution in [2.45, 2.75) is 8.69 Å². The molecule has 0 aliphatic carbocycles. The monoisotopic (exact) mass is 491 g/mol. The first-order valence-electron chi connectivity index (χ1n) is 7.35. The number of piperazine rings is 1. The number of rotatable bonds is 4. The van der Waals surface area contributed by atoms with Crippen LogP contribution in [0.25, 0.3) is 0 Å². The van der Waals surface area contributed by atoms with E-state index >= 15 is 0 Å². The summed E-state index contributed by atoms with van der Waals surface area (Å²) in [6, 6.07) is 0.984. The Bertz CT molecular complexity index is 805. The number of halogens is 8. The predicted octanol–water partition coefficient (Wildman–Crippen LogP) is 5.20. The van der Waals surface area contributed by atoms with E-state index in [2.05, 4.69) is 10.1 Å². The van der Waals surface area contributed by atoms with E-state index in [0.717, 1.165) is 6.07 Å². The lowest BCUT2D eigenvalue weighted by atomic mass is 10.2. The van der Waals surface area contributed by atoms with Crippen LogP contribution < -0.4 is 15.5 Å². The highest BCUT2D eigenvalue weighted by Crippen LogP contribution is 3.02. The van der Waals surface area contributed by atoms with Crippen LogP contribution in [0.15, 0.2) is 23.1 Å². The van der Waals surface area contributed by atoms with Gasteiger partial charge in [-0.3, -0.25) is 10.1 Å². The second-order valence-electron chi connectivity index (χ2n) is 5.74. The molecule has 0 atom stereocenters. The van der Waals surface area contributed by atoms with Gasteiger partial charge in [0.1, 0.15) is 11.5 Å². The highest BCUT2D eigenvalue weighted by Gasteiger charge is 2.65. The Morgan fingerprint density at radius 2 is 1.89 bits per heavy atom. The topological polar surface area (TPSA) is 70.7 Å². The highest BCUT2D eigenvalue weighted by atomic mass is 35.6. The van der Waals surface area contributed by atoms with Gasteiger partial charge in [0.15, 0.2) is 0 Å². The molecule has 0 unspecified atom stereocenters. The molecule has 1 aliphatic rings. The number of carbonyl (C=O) groups excluding carboxylic acids is 2. The van der Waals surface area contributed by atoms with Crippen molar-refractivity contribution in [2.75, 3.05) is 36.5 Å². The Morgan fingerprint density at radius 1 is 1.25 bits per heavy atom. The van der Waals surface area contributed by atoms with Crippen molar-refractivity contribution in [1.29, 1.82) is 0 Å². The third-order valence-corrected chi connectivity index (χ3v) is 4.87. The maximum Gasteiger partial charge on any atom is 0.411 e. The molecule has 6 nitrogen and oxygen atoms in total. The smallest absolute Gasteiger partial charge is 0.411 e. The molecule has 0 bridgehead atoms. The molecule has 0 aromatic heterocycles. The average molecular weight is 493 g/mol. The standard InChI is InChI=1S/C13H13Cl3F5N3O3S/c14-13(15,16)7-27-12(26)23-9-5-8(28(17,18,19,20)21)1-2-10(9)24-4-3-22-11(25)6-24/h1-2,5H,3-4,6-7H2,(H,22,25)(H,23,26). The molecule has 2 N–H and O–H groups in total. The highest BCUT2D eigenvalue weighted by molar-refractivity contribution is 8.45. The number of amides is 2. The molecule has 1 aromatic rings. The maximum absolute atomic E-state index is 13.1. The van der Waals surface area contributed by atoms with Crippen LogP contribution in [0, 0.1) is 0 Å². The molecule has 1 heterocycles. The largest absolute Gasteiger partial charge is 0.445 e. The first kappa shape index (κ1) is 22.9. The van der Waals surface area contributed by atoms with E-state index in [0.29, 0.717) is 0 Å². The van der Waals surface area contributed by atoms with Gasteiger partial charge in [-0.2, -0.15) is 0 Å². The Kier molecular flexibility index (Phi) is 5.61. The normalized spacial score (nSPS) is 18.0. The third-order valence-electron chi connectivity index (χ3n) is 3.40. The Labute approximate surface area is 170 Å². The van der Waals surface area contributed by atoms with Crippen molar-refractivity contribution in [3.05, 3.63) is 18.2 Å². The van der Waals surface area contributed by atoms with Crippen LogP contribution >= 0.6 is 45.0 Å². The zero-order valence-corrected chi connectivity index (χ0v) is 16.7. The fourth-order valence-electron chi connectivity index (χ4n) is 2.27. The molecule has 15 heteroatoms. The van der Waals surface area contributed by atoms with Crippen molar-refractivity contribution >= 4 is 68.4 Å². The van der Waals surface area contributed by atoms with Crippen LogP contribution in [0.4, 0.5) is 35.6 Å². The summed E-state index contributed by atoms with van der Waals surface area (Å²) in [7, 11) is -10.0. The van der Waals surface area contributed by atoms with E-state index in [9.17, 15) is 29.0 Å². The lowest BCUT2D eigenvalue weighted by Crippen LogP contribution is -2.48. The fraction of sp³-hybridized carbons (Fsp3) is 0.385. The van der Waals surface area contributed by atoms with Gasteiger partial charge in [0, 0.05) is 13.1 Å². The maximum atomic E-state index is 13.1. The van der Waals surface area contributed by atoms with Crippen molar-refractivity contribution in [1.82, 2.24) is 5.32 Å². The van der Waals surface area contributed by atoms with Gasteiger partial charge in [-0.1, -0.05) is 54.2 Å². The van der Waals surface area contributed by atoms with Gasteiger partial charge >= 0.3 is 16.3 Å². The molecule has 1 aliphatic heterocycles. The molecule has 1 saturated heterocycles. The first-order valence-corrected chi connectivity index (χ1v) is 10.4. The molecule has 1 fully saturated rings. The summed E-state index contributed by atoms with van der Waals surface area (Å²) >= 11 is 16.2. The van der Waals surface area contributed by atoms with Gasteiger partial charge in [-0.15, -0.1) is 0 Å². The molecule has 0 radical (unpaired) electrons. The molecule has 160 valence electrons. The van der Waals surface area contributed by atoms with Crippen LogP contribution in [-0.2, 0) is 9.53 Å². The number of anilines is 2. The van der Waals surface area contributed by atoms with Crippen molar-refractivity contribution in [2.24, 2.45) is 0 Å². The average Bonchev–Trinajstić information content (AvgIpc) is 2.50. The Morgan fingerprint density at radius 3 is 2.43 bits per heavy atom.